The Morgan fingerprint density at radius 2 is 2.15 bits per heavy atom. The lowest BCUT2D eigenvalue weighted by Crippen LogP contribution is -2.62. The maximum Gasteiger partial charge on any atom is 0.317 e. The number of urea groups is 1. The molecule has 0 unspecified atom stereocenters. The van der Waals surface area contributed by atoms with E-state index in [2.05, 4.69) is 20.5 Å². The van der Waals surface area contributed by atoms with Crippen molar-refractivity contribution < 1.29 is 9.59 Å². The van der Waals surface area contributed by atoms with E-state index in [-0.39, 0.29) is 18.0 Å². The summed E-state index contributed by atoms with van der Waals surface area (Å²) in [5.41, 5.74) is 0.542. The van der Waals surface area contributed by atoms with Crippen LogP contribution in [0.2, 0.25) is 0 Å². The molecule has 2 aliphatic heterocycles. The van der Waals surface area contributed by atoms with Gasteiger partial charge in [0.1, 0.15) is 5.54 Å². The van der Waals surface area contributed by atoms with Gasteiger partial charge in [-0.3, -0.25) is 14.7 Å². The van der Waals surface area contributed by atoms with Gasteiger partial charge in [-0.2, -0.15) is 0 Å². The number of carbonyl (C=O) groups is 2. The molecule has 1 atom stereocenters. The van der Waals surface area contributed by atoms with E-state index in [1.807, 2.05) is 31.0 Å². The number of likely N-dealkylation sites (tertiary alicyclic amines) is 1. The molecule has 0 saturated carbocycles. The van der Waals surface area contributed by atoms with Crippen molar-refractivity contribution in [3.63, 3.8) is 0 Å². The molecular formula is C19H29N5O2. The Labute approximate surface area is 155 Å². The third kappa shape index (κ3) is 3.67. The fraction of sp³-hybridized carbons (Fsp3) is 0.632. The van der Waals surface area contributed by atoms with E-state index in [1.54, 1.807) is 12.4 Å². The number of amides is 3. The van der Waals surface area contributed by atoms with Crippen molar-refractivity contribution in [1.29, 1.82) is 0 Å². The number of pyridine rings is 1. The van der Waals surface area contributed by atoms with E-state index in [0.29, 0.717) is 25.9 Å². The summed E-state index contributed by atoms with van der Waals surface area (Å²) in [6.07, 6.45) is 6.65. The van der Waals surface area contributed by atoms with Crippen LogP contribution in [0, 0.1) is 0 Å². The highest BCUT2D eigenvalue weighted by molar-refractivity contribution is 5.87. The molecule has 7 nitrogen and oxygen atoms in total. The number of hydrogen-bond acceptors (Lipinski definition) is 4. The van der Waals surface area contributed by atoms with Gasteiger partial charge >= 0.3 is 6.03 Å². The molecule has 1 aromatic heterocycles. The molecular weight excluding hydrogens is 330 g/mol. The van der Waals surface area contributed by atoms with Gasteiger partial charge in [-0.25, -0.2) is 4.79 Å². The van der Waals surface area contributed by atoms with Crippen molar-refractivity contribution in [3.8, 4) is 0 Å². The van der Waals surface area contributed by atoms with Crippen molar-refractivity contribution in [3.05, 3.63) is 30.1 Å². The Morgan fingerprint density at radius 3 is 2.81 bits per heavy atom. The molecule has 2 N–H and O–H groups in total. The van der Waals surface area contributed by atoms with Crippen LogP contribution in [-0.2, 0) is 4.79 Å². The van der Waals surface area contributed by atoms with Gasteiger partial charge in [-0.15, -0.1) is 0 Å². The van der Waals surface area contributed by atoms with Gasteiger partial charge in [-0.1, -0.05) is 13.0 Å². The van der Waals surface area contributed by atoms with Crippen LogP contribution in [0.5, 0.6) is 0 Å². The minimum Gasteiger partial charge on any atom is -0.354 e. The fourth-order valence-corrected chi connectivity index (χ4v) is 4.00. The second-order valence-corrected chi connectivity index (χ2v) is 7.25. The molecule has 0 aliphatic carbocycles. The number of piperidine rings is 1. The number of likely N-dealkylation sites (N-methyl/N-ethyl adjacent to an activating group) is 1. The second kappa shape index (κ2) is 8.03. The first-order chi connectivity index (χ1) is 12.6. The third-order valence-corrected chi connectivity index (χ3v) is 5.78. The Balaban J connectivity index is 1.62. The van der Waals surface area contributed by atoms with E-state index in [0.717, 1.165) is 31.5 Å². The Hall–Kier alpha value is -2.15. The highest BCUT2D eigenvalue weighted by atomic mass is 16.2. The topological polar surface area (TPSA) is 77.6 Å². The highest BCUT2D eigenvalue weighted by Crippen LogP contribution is 2.30. The normalized spacial score (nSPS) is 21.8. The van der Waals surface area contributed by atoms with Gasteiger partial charge < -0.3 is 15.5 Å². The molecule has 142 valence electrons. The largest absolute Gasteiger partial charge is 0.354 e. The third-order valence-electron chi connectivity index (χ3n) is 5.78. The van der Waals surface area contributed by atoms with E-state index < -0.39 is 5.54 Å². The lowest BCUT2D eigenvalue weighted by molar-refractivity contribution is -0.134. The van der Waals surface area contributed by atoms with Crippen LogP contribution in [0.25, 0.3) is 0 Å². The number of hydrogen-bond donors (Lipinski definition) is 2. The second-order valence-electron chi connectivity index (χ2n) is 7.25. The summed E-state index contributed by atoms with van der Waals surface area (Å²) >= 11 is 0. The van der Waals surface area contributed by atoms with Crippen molar-refractivity contribution in [2.45, 2.75) is 44.2 Å². The smallest absolute Gasteiger partial charge is 0.317 e. The molecule has 7 heteroatoms. The van der Waals surface area contributed by atoms with Gasteiger partial charge in [-0.05, 0) is 44.4 Å². The SMILES string of the molecule is CC[C@@H](NC(=O)N1CCC2(CC1)C(=O)NCCCN2C)c1cccnc1. The van der Waals surface area contributed by atoms with Crippen LogP contribution >= 0.6 is 0 Å². The first kappa shape index (κ1) is 18.6. The van der Waals surface area contributed by atoms with Crippen molar-refractivity contribution in [1.82, 2.24) is 25.4 Å². The summed E-state index contributed by atoms with van der Waals surface area (Å²) in [6.45, 7) is 4.87. The van der Waals surface area contributed by atoms with Crippen molar-refractivity contribution >= 4 is 11.9 Å². The lowest BCUT2D eigenvalue weighted by Gasteiger charge is -2.45. The minimum atomic E-state index is -0.471. The standard InChI is InChI=1S/C19H29N5O2/c1-3-16(15-6-4-9-20-14-15)22-18(26)24-12-7-19(8-13-24)17(25)21-10-5-11-23(19)2/h4,6,9,14,16H,3,5,7-8,10-13H2,1-2H3,(H,21,25)(H,22,26)/t16-/m1/s1. The van der Waals surface area contributed by atoms with Gasteiger partial charge in [0, 0.05) is 38.6 Å². The molecule has 0 bridgehead atoms. The van der Waals surface area contributed by atoms with Crippen LogP contribution in [0.1, 0.15) is 44.2 Å². The maximum atomic E-state index is 12.7. The molecule has 1 spiro atoms. The molecule has 3 heterocycles. The van der Waals surface area contributed by atoms with Gasteiger partial charge in [0.25, 0.3) is 0 Å². The number of carbonyl (C=O) groups excluding carboxylic acids is 2. The zero-order valence-corrected chi connectivity index (χ0v) is 15.7. The molecule has 3 rings (SSSR count). The number of aromatic nitrogens is 1. The number of nitrogens with zero attached hydrogens (tertiary/aromatic N) is 3. The lowest BCUT2D eigenvalue weighted by atomic mass is 9.85. The average molecular weight is 359 g/mol. The number of rotatable bonds is 3. The molecule has 2 saturated heterocycles. The predicted molar refractivity (Wildman–Crippen MR) is 99.6 cm³/mol. The van der Waals surface area contributed by atoms with Crippen molar-refractivity contribution in [2.75, 3.05) is 33.2 Å². The molecule has 26 heavy (non-hydrogen) atoms. The fourth-order valence-electron chi connectivity index (χ4n) is 4.00. The highest BCUT2D eigenvalue weighted by Gasteiger charge is 2.46. The Morgan fingerprint density at radius 1 is 1.38 bits per heavy atom. The summed E-state index contributed by atoms with van der Waals surface area (Å²) < 4.78 is 0. The van der Waals surface area contributed by atoms with Gasteiger partial charge in [0.15, 0.2) is 0 Å². The first-order valence-corrected chi connectivity index (χ1v) is 9.52. The molecule has 2 fully saturated rings. The summed E-state index contributed by atoms with van der Waals surface area (Å²) in [6, 6.07) is 3.76. The molecule has 3 amide bonds. The van der Waals surface area contributed by atoms with Crippen LogP contribution < -0.4 is 10.6 Å². The molecule has 0 radical (unpaired) electrons. The minimum absolute atomic E-state index is 0.0454. The summed E-state index contributed by atoms with van der Waals surface area (Å²) in [5, 5.41) is 6.15. The predicted octanol–water partition coefficient (Wildman–Crippen LogP) is 1.53. The van der Waals surface area contributed by atoms with Crippen LogP contribution in [0.3, 0.4) is 0 Å². The van der Waals surface area contributed by atoms with Crippen LogP contribution in [-0.4, -0.2) is 65.5 Å². The maximum absolute atomic E-state index is 12.7. The Bertz CT molecular complexity index is 628. The zero-order chi connectivity index (χ0) is 18.6. The summed E-state index contributed by atoms with van der Waals surface area (Å²) in [4.78, 5) is 33.5. The van der Waals surface area contributed by atoms with Gasteiger partial charge in [0.05, 0.1) is 6.04 Å². The summed E-state index contributed by atoms with van der Waals surface area (Å²) in [7, 11) is 2.02. The van der Waals surface area contributed by atoms with E-state index >= 15 is 0 Å². The number of nitrogens with one attached hydrogen (secondary N) is 2. The molecule has 0 aromatic carbocycles. The quantitative estimate of drug-likeness (QED) is 0.858. The van der Waals surface area contributed by atoms with Gasteiger partial charge in [0.2, 0.25) is 5.91 Å². The van der Waals surface area contributed by atoms with Crippen molar-refractivity contribution in [2.24, 2.45) is 0 Å². The molecule has 1 aromatic rings. The van der Waals surface area contributed by atoms with Crippen LogP contribution in [0.4, 0.5) is 4.79 Å². The average Bonchev–Trinajstić information content (AvgIpc) is 2.81. The van der Waals surface area contributed by atoms with Crippen LogP contribution in [0.15, 0.2) is 24.5 Å². The van der Waals surface area contributed by atoms with E-state index in [4.69, 9.17) is 0 Å². The molecule has 2 aliphatic rings. The monoisotopic (exact) mass is 359 g/mol. The first-order valence-electron chi connectivity index (χ1n) is 9.52. The van der Waals surface area contributed by atoms with E-state index in [9.17, 15) is 9.59 Å². The van der Waals surface area contributed by atoms with E-state index in [1.165, 1.54) is 0 Å². The Kier molecular flexibility index (Phi) is 5.76. The summed E-state index contributed by atoms with van der Waals surface area (Å²) in [5.74, 6) is 0.111. The zero-order valence-electron chi connectivity index (χ0n) is 15.7.